The van der Waals surface area contributed by atoms with Gasteiger partial charge < -0.3 is 4.74 Å². The maximum atomic E-state index is 11.5. The highest BCUT2D eigenvalue weighted by molar-refractivity contribution is 7.98. The third kappa shape index (κ3) is 3.03. The molecule has 2 nitrogen and oxygen atoms in total. The Morgan fingerprint density at radius 1 is 1.40 bits per heavy atom. The molecule has 1 aromatic carbocycles. The first-order valence-electron chi connectivity index (χ1n) is 4.30. The molecule has 0 aromatic heterocycles. The second-order valence-corrected chi connectivity index (χ2v) is 4.38. The number of esters is 1. The molecule has 15 heavy (non-hydrogen) atoms. The lowest BCUT2D eigenvalue weighted by molar-refractivity contribution is 0.0526. The van der Waals surface area contributed by atoms with E-state index < -0.39 is 5.97 Å². The molecule has 0 aliphatic heterocycles. The van der Waals surface area contributed by atoms with E-state index in [4.69, 9.17) is 27.9 Å². The van der Waals surface area contributed by atoms with Crippen LogP contribution in [-0.2, 0) is 4.74 Å². The molecule has 0 unspecified atom stereocenters. The molecule has 1 rings (SSSR count). The van der Waals surface area contributed by atoms with Crippen LogP contribution in [0.1, 0.15) is 17.3 Å². The smallest absolute Gasteiger partial charge is 0.341 e. The molecule has 0 saturated heterocycles. The molecular formula is C10H10Cl2O2S. The summed E-state index contributed by atoms with van der Waals surface area (Å²) in [7, 11) is 0. The van der Waals surface area contributed by atoms with Gasteiger partial charge in [0, 0.05) is 4.90 Å². The molecule has 0 radical (unpaired) electrons. The zero-order valence-corrected chi connectivity index (χ0v) is 10.7. The molecule has 82 valence electrons. The monoisotopic (exact) mass is 264 g/mol. The zero-order valence-electron chi connectivity index (χ0n) is 8.34. The van der Waals surface area contributed by atoms with Crippen LogP contribution in [0.2, 0.25) is 10.0 Å². The van der Waals surface area contributed by atoms with Gasteiger partial charge in [-0.1, -0.05) is 23.2 Å². The van der Waals surface area contributed by atoms with Gasteiger partial charge in [0.2, 0.25) is 0 Å². The van der Waals surface area contributed by atoms with Gasteiger partial charge in [0.1, 0.15) is 0 Å². The molecular weight excluding hydrogens is 255 g/mol. The molecule has 0 saturated carbocycles. The molecule has 0 heterocycles. The minimum absolute atomic E-state index is 0.234. The highest BCUT2D eigenvalue weighted by Crippen LogP contribution is 2.30. The summed E-state index contributed by atoms with van der Waals surface area (Å²) < 4.78 is 4.85. The predicted octanol–water partition coefficient (Wildman–Crippen LogP) is 3.89. The van der Waals surface area contributed by atoms with Gasteiger partial charge >= 0.3 is 5.97 Å². The summed E-state index contributed by atoms with van der Waals surface area (Å²) in [4.78, 5) is 12.4. The second-order valence-electron chi connectivity index (χ2n) is 2.69. The van der Waals surface area contributed by atoms with Crippen LogP contribution in [0.3, 0.4) is 0 Å². The van der Waals surface area contributed by atoms with Crippen LogP contribution < -0.4 is 0 Å². The molecule has 0 spiro atoms. The number of carbonyl (C=O) groups excluding carboxylic acids is 1. The lowest BCUT2D eigenvalue weighted by atomic mass is 10.2. The Kier molecular flexibility index (Phi) is 4.77. The summed E-state index contributed by atoms with van der Waals surface area (Å²) in [6.45, 7) is 2.03. The lowest BCUT2D eigenvalue weighted by Crippen LogP contribution is -2.06. The van der Waals surface area contributed by atoms with Gasteiger partial charge in [-0.2, -0.15) is 0 Å². The molecule has 0 amide bonds. The van der Waals surface area contributed by atoms with Crippen molar-refractivity contribution < 1.29 is 9.53 Å². The average Bonchev–Trinajstić information content (AvgIpc) is 2.16. The van der Waals surface area contributed by atoms with Crippen LogP contribution in [0.4, 0.5) is 0 Å². The maximum absolute atomic E-state index is 11.5. The number of hydrogen-bond donors (Lipinski definition) is 0. The first kappa shape index (κ1) is 12.7. The summed E-state index contributed by atoms with van der Waals surface area (Å²) >= 11 is 13.4. The van der Waals surface area contributed by atoms with E-state index in [1.807, 2.05) is 6.26 Å². The van der Waals surface area contributed by atoms with E-state index in [1.54, 1.807) is 19.1 Å². The van der Waals surface area contributed by atoms with Gasteiger partial charge in [-0.05, 0) is 25.3 Å². The van der Waals surface area contributed by atoms with Crippen molar-refractivity contribution in [3.63, 3.8) is 0 Å². The van der Waals surface area contributed by atoms with E-state index in [0.29, 0.717) is 16.7 Å². The van der Waals surface area contributed by atoms with Crippen molar-refractivity contribution in [3.05, 3.63) is 27.7 Å². The highest BCUT2D eigenvalue weighted by atomic mass is 35.5. The fraction of sp³-hybridized carbons (Fsp3) is 0.300. The molecule has 0 bridgehead atoms. The SMILES string of the molecule is CCOC(=O)c1c(Cl)cc(SC)cc1Cl. The minimum atomic E-state index is -0.486. The summed E-state index contributed by atoms with van der Waals surface area (Å²) in [5.41, 5.74) is 0.234. The third-order valence-electron chi connectivity index (χ3n) is 1.73. The van der Waals surface area contributed by atoms with Gasteiger partial charge in [-0.25, -0.2) is 4.79 Å². The van der Waals surface area contributed by atoms with Crippen molar-refractivity contribution in [2.75, 3.05) is 12.9 Å². The number of thioether (sulfide) groups is 1. The van der Waals surface area contributed by atoms with E-state index in [0.717, 1.165) is 4.90 Å². The van der Waals surface area contributed by atoms with Crippen molar-refractivity contribution in [1.29, 1.82) is 0 Å². The zero-order chi connectivity index (χ0) is 11.4. The van der Waals surface area contributed by atoms with Crippen LogP contribution in [0.5, 0.6) is 0 Å². The lowest BCUT2D eigenvalue weighted by Gasteiger charge is -2.07. The van der Waals surface area contributed by atoms with Crippen molar-refractivity contribution in [1.82, 2.24) is 0 Å². The van der Waals surface area contributed by atoms with Crippen LogP contribution in [-0.4, -0.2) is 18.8 Å². The van der Waals surface area contributed by atoms with Gasteiger partial charge in [-0.3, -0.25) is 0 Å². The Morgan fingerprint density at radius 3 is 2.33 bits per heavy atom. The second kappa shape index (κ2) is 5.64. The van der Waals surface area contributed by atoms with E-state index in [2.05, 4.69) is 0 Å². The first-order chi connectivity index (χ1) is 7.10. The Hall–Kier alpha value is -0.380. The van der Waals surface area contributed by atoms with Crippen molar-refractivity contribution >= 4 is 40.9 Å². The number of benzene rings is 1. The predicted molar refractivity (Wildman–Crippen MR) is 64.2 cm³/mol. The largest absolute Gasteiger partial charge is 0.462 e. The Bertz CT molecular complexity index is 357. The Balaban J connectivity index is 3.13. The molecule has 0 aliphatic rings. The van der Waals surface area contributed by atoms with Gasteiger partial charge in [0.15, 0.2) is 0 Å². The number of carbonyl (C=O) groups is 1. The molecule has 0 N–H and O–H groups in total. The molecule has 0 fully saturated rings. The quantitative estimate of drug-likeness (QED) is 0.612. The van der Waals surface area contributed by atoms with E-state index in [-0.39, 0.29) is 5.56 Å². The van der Waals surface area contributed by atoms with Gasteiger partial charge in [0.05, 0.1) is 22.2 Å². The summed E-state index contributed by atoms with van der Waals surface area (Å²) in [6.07, 6.45) is 1.91. The highest BCUT2D eigenvalue weighted by Gasteiger charge is 2.16. The Morgan fingerprint density at radius 2 is 1.93 bits per heavy atom. The number of ether oxygens (including phenoxy) is 1. The molecule has 5 heteroatoms. The minimum Gasteiger partial charge on any atom is -0.462 e. The van der Waals surface area contributed by atoms with Gasteiger partial charge in [0.25, 0.3) is 0 Å². The van der Waals surface area contributed by atoms with Crippen molar-refractivity contribution in [3.8, 4) is 0 Å². The number of halogens is 2. The van der Waals surface area contributed by atoms with E-state index in [9.17, 15) is 4.79 Å². The van der Waals surface area contributed by atoms with Crippen molar-refractivity contribution in [2.45, 2.75) is 11.8 Å². The summed E-state index contributed by atoms with van der Waals surface area (Å²) in [5, 5.41) is 0.649. The average molecular weight is 265 g/mol. The van der Waals surface area contributed by atoms with Crippen LogP contribution in [0, 0.1) is 0 Å². The first-order valence-corrected chi connectivity index (χ1v) is 6.28. The van der Waals surface area contributed by atoms with Gasteiger partial charge in [-0.15, -0.1) is 11.8 Å². The van der Waals surface area contributed by atoms with Crippen LogP contribution in [0.15, 0.2) is 17.0 Å². The standard InChI is InChI=1S/C10H10Cl2O2S/c1-3-14-10(13)9-7(11)4-6(15-2)5-8(9)12/h4-5H,3H2,1-2H3. The van der Waals surface area contributed by atoms with Crippen LogP contribution >= 0.6 is 35.0 Å². The Labute approximate surface area is 103 Å². The fourth-order valence-electron chi connectivity index (χ4n) is 1.07. The number of rotatable bonds is 3. The van der Waals surface area contributed by atoms with E-state index in [1.165, 1.54) is 11.8 Å². The topological polar surface area (TPSA) is 26.3 Å². The fourth-order valence-corrected chi connectivity index (χ4v) is 2.31. The normalized spacial score (nSPS) is 10.1. The summed E-state index contributed by atoms with van der Waals surface area (Å²) in [6, 6.07) is 3.40. The third-order valence-corrected chi connectivity index (χ3v) is 3.03. The van der Waals surface area contributed by atoms with E-state index >= 15 is 0 Å². The van der Waals surface area contributed by atoms with Crippen LogP contribution in [0.25, 0.3) is 0 Å². The maximum Gasteiger partial charge on any atom is 0.341 e. The molecule has 1 aromatic rings. The molecule has 0 atom stereocenters. The molecule has 0 aliphatic carbocycles. The number of hydrogen-bond acceptors (Lipinski definition) is 3. The van der Waals surface area contributed by atoms with Crippen molar-refractivity contribution in [2.24, 2.45) is 0 Å². The summed E-state index contributed by atoms with van der Waals surface area (Å²) in [5.74, 6) is -0.486.